The van der Waals surface area contributed by atoms with E-state index in [0.29, 0.717) is 0 Å². The third-order valence-corrected chi connectivity index (χ3v) is 3.11. The fraction of sp³-hybridized carbons (Fsp3) is 0.538. The molecule has 1 aromatic rings. The van der Waals surface area contributed by atoms with Crippen molar-refractivity contribution < 1.29 is 4.39 Å². The maximum absolute atomic E-state index is 13.6. The van der Waals surface area contributed by atoms with Crippen molar-refractivity contribution in [2.24, 2.45) is 0 Å². The van der Waals surface area contributed by atoms with Gasteiger partial charge in [0.15, 0.2) is 0 Å². The van der Waals surface area contributed by atoms with Crippen LogP contribution in [0.25, 0.3) is 0 Å². The Bertz CT molecular complexity index is 332. The summed E-state index contributed by atoms with van der Waals surface area (Å²) in [6.45, 7) is 7.31. The van der Waals surface area contributed by atoms with Crippen LogP contribution in [-0.4, -0.2) is 37.6 Å². The van der Waals surface area contributed by atoms with Gasteiger partial charge in [-0.25, -0.2) is 4.39 Å². The Labute approximate surface area is 96.7 Å². The van der Waals surface area contributed by atoms with Crippen LogP contribution in [-0.2, 0) is 0 Å². The molecule has 88 valence electrons. The van der Waals surface area contributed by atoms with Gasteiger partial charge in [-0.15, -0.1) is 0 Å². The largest absolute Gasteiger partial charge is 0.367 e. The maximum atomic E-state index is 13.6. The summed E-state index contributed by atoms with van der Waals surface area (Å²) in [5.74, 6) is -0.105. The summed E-state index contributed by atoms with van der Waals surface area (Å²) >= 11 is 0. The molecule has 0 unspecified atom stereocenters. The minimum Gasteiger partial charge on any atom is -0.367 e. The van der Waals surface area contributed by atoms with Crippen LogP contribution >= 0.6 is 0 Å². The number of anilines is 1. The van der Waals surface area contributed by atoms with Crippen molar-refractivity contribution in [3.8, 4) is 0 Å². The number of hydrogen-bond acceptors (Lipinski definition) is 2. The van der Waals surface area contributed by atoms with E-state index in [1.165, 1.54) is 12.5 Å². The lowest BCUT2D eigenvalue weighted by Gasteiger charge is -2.36. The third kappa shape index (κ3) is 2.53. The summed E-state index contributed by atoms with van der Waals surface area (Å²) in [5, 5.41) is 0. The number of hydrogen-bond donors (Lipinski definition) is 0. The molecule has 0 atom stereocenters. The zero-order valence-corrected chi connectivity index (χ0v) is 9.82. The molecule has 1 heterocycles. The van der Waals surface area contributed by atoms with Crippen LogP contribution in [0.4, 0.5) is 10.1 Å². The summed E-state index contributed by atoms with van der Waals surface area (Å²) in [5.41, 5.74) is 0.749. The van der Waals surface area contributed by atoms with Crippen molar-refractivity contribution in [2.75, 3.05) is 37.6 Å². The van der Waals surface area contributed by atoms with Gasteiger partial charge in [0.1, 0.15) is 5.82 Å². The van der Waals surface area contributed by atoms with Crippen molar-refractivity contribution in [2.45, 2.75) is 13.3 Å². The maximum Gasteiger partial charge on any atom is 0.146 e. The number of halogens is 1. The van der Waals surface area contributed by atoms with Gasteiger partial charge >= 0.3 is 0 Å². The highest BCUT2D eigenvalue weighted by Crippen LogP contribution is 2.19. The van der Waals surface area contributed by atoms with Crippen LogP contribution < -0.4 is 4.90 Å². The Hall–Kier alpha value is -1.09. The zero-order chi connectivity index (χ0) is 11.4. The molecule has 2 rings (SSSR count). The van der Waals surface area contributed by atoms with Gasteiger partial charge in [-0.3, -0.25) is 4.90 Å². The van der Waals surface area contributed by atoms with Gasteiger partial charge in [-0.05, 0) is 25.1 Å². The van der Waals surface area contributed by atoms with Gasteiger partial charge in [0, 0.05) is 26.2 Å². The van der Waals surface area contributed by atoms with E-state index in [0.717, 1.165) is 38.4 Å². The molecule has 0 N–H and O–H groups in total. The molecular formula is C13H19FN2. The topological polar surface area (TPSA) is 6.48 Å². The van der Waals surface area contributed by atoms with E-state index in [4.69, 9.17) is 0 Å². The van der Waals surface area contributed by atoms with Crippen molar-refractivity contribution >= 4 is 5.69 Å². The smallest absolute Gasteiger partial charge is 0.146 e. The van der Waals surface area contributed by atoms with Crippen LogP contribution in [0.15, 0.2) is 24.3 Å². The molecule has 0 amide bonds. The van der Waals surface area contributed by atoms with E-state index < -0.39 is 0 Å². The Morgan fingerprint density at radius 1 is 1.12 bits per heavy atom. The Morgan fingerprint density at radius 3 is 2.44 bits per heavy atom. The fourth-order valence-corrected chi connectivity index (χ4v) is 2.24. The number of benzene rings is 1. The number of rotatable bonds is 3. The van der Waals surface area contributed by atoms with Crippen molar-refractivity contribution in [3.63, 3.8) is 0 Å². The summed E-state index contributed by atoms with van der Waals surface area (Å²) in [6.07, 6.45) is 1.19. The van der Waals surface area contributed by atoms with E-state index in [2.05, 4.69) is 16.7 Å². The van der Waals surface area contributed by atoms with Crippen molar-refractivity contribution in [3.05, 3.63) is 30.1 Å². The summed E-state index contributed by atoms with van der Waals surface area (Å²) in [6, 6.07) is 7.04. The predicted octanol–water partition coefficient (Wildman–Crippen LogP) is 2.36. The molecule has 0 spiro atoms. The second-order valence-corrected chi connectivity index (χ2v) is 4.28. The van der Waals surface area contributed by atoms with Crippen LogP contribution in [0.5, 0.6) is 0 Å². The molecule has 1 aliphatic heterocycles. The van der Waals surface area contributed by atoms with Gasteiger partial charge in [0.25, 0.3) is 0 Å². The normalized spacial score (nSPS) is 17.8. The van der Waals surface area contributed by atoms with Crippen LogP contribution in [0.2, 0.25) is 0 Å². The quantitative estimate of drug-likeness (QED) is 0.774. The molecule has 3 heteroatoms. The van der Waals surface area contributed by atoms with Gasteiger partial charge in [-0.1, -0.05) is 19.1 Å². The Morgan fingerprint density at radius 2 is 1.81 bits per heavy atom. The first kappa shape index (κ1) is 11.4. The number of nitrogens with zero attached hydrogens (tertiary/aromatic N) is 2. The highest BCUT2D eigenvalue weighted by molar-refractivity contribution is 5.47. The standard InChI is InChI=1S/C13H19FN2/c1-2-7-15-8-10-16(11-9-15)13-6-4-3-5-12(13)14/h3-6H,2,7-11H2,1H3. The van der Waals surface area contributed by atoms with Gasteiger partial charge < -0.3 is 4.90 Å². The zero-order valence-electron chi connectivity index (χ0n) is 9.82. The monoisotopic (exact) mass is 222 g/mol. The molecule has 1 saturated heterocycles. The minimum atomic E-state index is -0.105. The summed E-state index contributed by atoms with van der Waals surface area (Å²) < 4.78 is 13.6. The summed E-state index contributed by atoms with van der Waals surface area (Å²) in [4.78, 5) is 4.58. The van der Waals surface area contributed by atoms with Gasteiger partial charge in [-0.2, -0.15) is 0 Å². The molecule has 0 saturated carbocycles. The average Bonchev–Trinajstić information content (AvgIpc) is 2.31. The molecular weight excluding hydrogens is 203 g/mol. The van der Waals surface area contributed by atoms with E-state index in [1.807, 2.05) is 12.1 Å². The molecule has 0 bridgehead atoms. The Kier molecular flexibility index (Phi) is 3.78. The molecule has 1 fully saturated rings. The van der Waals surface area contributed by atoms with Crippen LogP contribution in [0, 0.1) is 5.82 Å². The van der Waals surface area contributed by atoms with Crippen LogP contribution in [0.1, 0.15) is 13.3 Å². The van der Waals surface area contributed by atoms with E-state index in [1.54, 1.807) is 6.07 Å². The van der Waals surface area contributed by atoms with Gasteiger partial charge in [0.2, 0.25) is 0 Å². The lowest BCUT2D eigenvalue weighted by molar-refractivity contribution is 0.258. The van der Waals surface area contributed by atoms with Crippen molar-refractivity contribution in [1.82, 2.24) is 4.90 Å². The van der Waals surface area contributed by atoms with E-state index in [9.17, 15) is 4.39 Å². The number of para-hydroxylation sites is 1. The molecule has 0 radical (unpaired) electrons. The lowest BCUT2D eigenvalue weighted by Crippen LogP contribution is -2.46. The molecule has 1 aliphatic rings. The lowest BCUT2D eigenvalue weighted by atomic mass is 10.2. The average molecular weight is 222 g/mol. The number of piperazine rings is 1. The second kappa shape index (κ2) is 5.30. The molecule has 0 aliphatic carbocycles. The fourth-order valence-electron chi connectivity index (χ4n) is 2.24. The summed E-state index contributed by atoms with van der Waals surface area (Å²) in [7, 11) is 0. The first-order valence-corrected chi connectivity index (χ1v) is 6.03. The predicted molar refractivity (Wildman–Crippen MR) is 65.3 cm³/mol. The van der Waals surface area contributed by atoms with Crippen LogP contribution in [0.3, 0.4) is 0 Å². The molecule has 1 aromatic carbocycles. The first-order valence-electron chi connectivity index (χ1n) is 6.03. The highest BCUT2D eigenvalue weighted by atomic mass is 19.1. The molecule has 16 heavy (non-hydrogen) atoms. The highest BCUT2D eigenvalue weighted by Gasteiger charge is 2.18. The van der Waals surface area contributed by atoms with E-state index >= 15 is 0 Å². The van der Waals surface area contributed by atoms with E-state index in [-0.39, 0.29) is 5.82 Å². The SMILES string of the molecule is CCCN1CCN(c2ccccc2F)CC1. The third-order valence-electron chi connectivity index (χ3n) is 3.11. The van der Waals surface area contributed by atoms with Crippen molar-refractivity contribution in [1.29, 1.82) is 0 Å². The minimum absolute atomic E-state index is 0.105. The molecule has 2 nitrogen and oxygen atoms in total. The Balaban J connectivity index is 1.96. The molecule has 0 aromatic heterocycles. The second-order valence-electron chi connectivity index (χ2n) is 4.28. The first-order chi connectivity index (χ1) is 7.81. The van der Waals surface area contributed by atoms with Gasteiger partial charge in [0.05, 0.1) is 5.69 Å².